The molecule has 0 saturated carbocycles. The number of aromatic nitrogens is 2. The van der Waals surface area contributed by atoms with Crippen LogP contribution in [-0.2, 0) is 0 Å². The molecule has 22 heavy (non-hydrogen) atoms. The van der Waals surface area contributed by atoms with E-state index in [9.17, 15) is 50.6 Å². The summed E-state index contributed by atoms with van der Waals surface area (Å²) in [6, 6.07) is 0. The second kappa shape index (κ2) is 5.68. The van der Waals surface area contributed by atoms with Crippen molar-refractivity contribution in [2.75, 3.05) is 0 Å². The second-order valence-corrected chi connectivity index (χ2v) is 3.52. The van der Waals surface area contributed by atoms with Crippen LogP contribution < -0.4 is 0 Å². The molecule has 1 aromatic heterocycles. The molecular formula is C5H3N7O10. The van der Waals surface area contributed by atoms with E-state index in [0.29, 0.717) is 0 Å². The molecule has 1 rings (SSSR count). The molecule has 0 atom stereocenters. The molecule has 0 saturated heterocycles. The predicted molar refractivity (Wildman–Crippen MR) is 58.7 cm³/mol. The lowest BCUT2D eigenvalue weighted by Gasteiger charge is -2.00. The first-order valence-electron chi connectivity index (χ1n) is 4.86. The molecule has 0 spiro atoms. The SMILES string of the molecule is O=[N+]([O-])c1c(C([N+](=O)[O-])[N+](=O)[O-])n[nH]c1C([N+](=O)[O-])[N+](=O)[O-]. The van der Waals surface area contributed by atoms with Crippen LogP contribution in [0.2, 0.25) is 0 Å². The smallest absolute Gasteiger partial charge is 0.262 e. The van der Waals surface area contributed by atoms with Gasteiger partial charge in [0.1, 0.15) is 19.7 Å². The van der Waals surface area contributed by atoms with Crippen LogP contribution in [0.5, 0.6) is 0 Å². The Balaban J connectivity index is 3.62. The van der Waals surface area contributed by atoms with E-state index in [4.69, 9.17) is 0 Å². The van der Waals surface area contributed by atoms with Gasteiger partial charge in [-0.15, -0.1) is 0 Å². The Morgan fingerprint density at radius 3 is 1.50 bits per heavy atom. The zero-order valence-electron chi connectivity index (χ0n) is 9.92. The molecular weight excluding hydrogens is 318 g/mol. The van der Waals surface area contributed by atoms with Crippen molar-refractivity contribution in [2.24, 2.45) is 0 Å². The first kappa shape index (κ1) is 16.3. The summed E-state index contributed by atoms with van der Waals surface area (Å²) in [7, 11) is 0. The molecule has 0 amide bonds. The van der Waals surface area contributed by atoms with E-state index in [-0.39, 0.29) is 0 Å². The van der Waals surface area contributed by atoms with Gasteiger partial charge >= 0.3 is 18.0 Å². The summed E-state index contributed by atoms with van der Waals surface area (Å²) in [6.07, 6.45) is -5.80. The van der Waals surface area contributed by atoms with Crippen molar-refractivity contribution in [1.82, 2.24) is 10.2 Å². The lowest BCUT2D eigenvalue weighted by molar-refractivity contribution is -0.755. The summed E-state index contributed by atoms with van der Waals surface area (Å²) < 4.78 is 0. The van der Waals surface area contributed by atoms with Crippen LogP contribution in [0.1, 0.15) is 23.7 Å². The van der Waals surface area contributed by atoms with Gasteiger partial charge in [0.25, 0.3) is 11.4 Å². The molecule has 0 aromatic carbocycles. The quantitative estimate of drug-likeness (QED) is 0.377. The van der Waals surface area contributed by atoms with E-state index < -0.39 is 54.0 Å². The number of hydrogen-bond donors (Lipinski definition) is 1. The minimum Gasteiger partial charge on any atom is -0.262 e. The standard InChI is InChI=1S/C5H3N7O10/c13-8(14)3-1(4(9(15)16)10(17)18)6-7-2(3)5(11(19)20)12(21)22/h4-5H,(H,6,7). The van der Waals surface area contributed by atoms with Gasteiger partial charge in [-0.25, -0.2) is 0 Å². The predicted octanol–water partition coefficient (Wildman–Crippen LogP) is -0.578. The van der Waals surface area contributed by atoms with Gasteiger partial charge in [-0.3, -0.25) is 55.7 Å². The van der Waals surface area contributed by atoms with Crippen LogP contribution in [0.25, 0.3) is 0 Å². The lowest BCUT2D eigenvalue weighted by Crippen LogP contribution is -2.23. The van der Waals surface area contributed by atoms with Gasteiger partial charge in [-0.05, 0) is 0 Å². The van der Waals surface area contributed by atoms with Crippen LogP contribution >= 0.6 is 0 Å². The molecule has 118 valence electrons. The minimum atomic E-state index is -2.91. The van der Waals surface area contributed by atoms with Crippen molar-refractivity contribution in [2.45, 2.75) is 12.3 Å². The fraction of sp³-hybridized carbons (Fsp3) is 0.400. The maximum atomic E-state index is 10.9. The molecule has 17 nitrogen and oxygen atoms in total. The van der Waals surface area contributed by atoms with Gasteiger partial charge in [0.2, 0.25) is 0 Å². The third-order valence-corrected chi connectivity index (χ3v) is 2.28. The highest BCUT2D eigenvalue weighted by Gasteiger charge is 2.52. The molecule has 1 aromatic rings. The van der Waals surface area contributed by atoms with E-state index >= 15 is 0 Å². The number of H-pyrrole nitrogens is 1. The van der Waals surface area contributed by atoms with Gasteiger partial charge in [0.05, 0.1) is 4.92 Å². The van der Waals surface area contributed by atoms with Crippen molar-refractivity contribution in [3.8, 4) is 0 Å². The van der Waals surface area contributed by atoms with Gasteiger partial charge in [-0.2, -0.15) is 5.10 Å². The van der Waals surface area contributed by atoms with Gasteiger partial charge in [0.15, 0.2) is 0 Å². The third kappa shape index (κ3) is 2.71. The van der Waals surface area contributed by atoms with Crippen LogP contribution in [0.3, 0.4) is 0 Å². The van der Waals surface area contributed by atoms with E-state index in [1.807, 2.05) is 0 Å². The molecule has 17 heteroatoms. The summed E-state index contributed by atoms with van der Waals surface area (Å²) in [4.78, 5) is 45.6. The topological polar surface area (TPSA) is 244 Å². The molecule has 0 unspecified atom stereocenters. The molecule has 0 aliphatic rings. The summed E-state index contributed by atoms with van der Waals surface area (Å²) in [5.41, 5.74) is -4.26. The average molecular weight is 321 g/mol. The molecule has 0 bridgehead atoms. The fourth-order valence-electron chi connectivity index (χ4n) is 1.48. The Hall–Kier alpha value is -3.79. The summed E-state index contributed by atoms with van der Waals surface area (Å²) >= 11 is 0. The van der Waals surface area contributed by atoms with Gasteiger partial charge < -0.3 is 0 Å². The van der Waals surface area contributed by atoms with Crippen molar-refractivity contribution in [1.29, 1.82) is 0 Å². The van der Waals surface area contributed by atoms with Gasteiger partial charge in [0, 0.05) is 0 Å². The van der Waals surface area contributed by atoms with E-state index in [1.165, 1.54) is 5.10 Å². The number of hydrogen-bond acceptors (Lipinski definition) is 11. The Kier molecular flexibility index (Phi) is 4.20. The maximum Gasteiger partial charge on any atom is 0.501 e. The normalized spacial score (nSPS) is 10.6. The first-order chi connectivity index (χ1) is 10.1. The molecule has 0 aliphatic carbocycles. The van der Waals surface area contributed by atoms with Crippen molar-refractivity contribution in [3.05, 3.63) is 62.0 Å². The Morgan fingerprint density at radius 2 is 1.18 bits per heavy atom. The molecule has 1 N–H and O–H groups in total. The average Bonchev–Trinajstić information content (AvgIpc) is 2.71. The summed E-state index contributed by atoms with van der Waals surface area (Å²) in [5.74, 6) is 0. The van der Waals surface area contributed by atoms with E-state index in [1.54, 1.807) is 0 Å². The Labute approximate surface area is 116 Å². The van der Waals surface area contributed by atoms with Crippen molar-refractivity contribution >= 4 is 5.69 Å². The highest BCUT2D eigenvalue weighted by Crippen LogP contribution is 2.33. The molecule has 0 aliphatic heterocycles. The number of nitrogens with one attached hydrogen (secondary N) is 1. The maximum absolute atomic E-state index is 10.9. The fourth-order valence-corrected chi connectivity index (χ4v) is 1.48. The minimum absolute atomic E-state index is 1.32. The lowest BCUT2D eigenvalue weighted by atomic mass is 10.2. The van der Waals surface area contributed by atoms with Crippen LogP contribution in [-0.4, -0.2) is 34.8 Å². The monoisotopic (exact) mass is 321 g/mol. The van der Waals surface area contributed by atoms with Gasteiger partial charge in [-0.1, -0.05) is 0 Å². The van der Waals surface area contributed by atoms with Crippen LogP contribution in [0, 0.1) is 50.6 Å². The largest absolute Gasteiger partial charge is 0.501 e. The molecule has 0 radical (unpaired) electrons. The van der Waals surface area contributed by atoms with Crippen molar-refractivity contribution in [3.63, 3.8) is 0 Å². The van der Waals surface area contributed by atoms with Crippen LogP contribution in [0.15, 0.2) is 0 Å². The van der Waals surface area contributed by atoms with E-state index in [0.717, 1.165) is 0 Å². The van der Waals surface area contributed by atoms with Crippen molar-refractivity contribution < 1.29 is 24.6 Å². The van der Waals surface area contributed by atoms with Crippen LogP contribution in [0.4, 0.5) is 5.69 Å². The molecule has 0 fully saturated rings. The highest BCUT2D eigenvalue weighted by atomic mass is 16.7. The number of nitrogens with zero attached hydrogens (tertiary/aromatic N) is 6. The first-order valence-corrected chi connectivity index (χ1v) is 4.86. The second-order valence-electron chi connectivity index (χ2n) is 3.52. The summed E-state index contributed by atoms with van der Waals surface area (Å²) in [6.45, 7) is 0. The van der Waals surface area contributed by atoms with E-state index in [2.05, 4.69) is 5.10 Å². The zero-order valence-corrected chi connectivity index (χ0v) is 9.92. The summed E-state index contributed by atoms with van der Waals surface area (Å²) in [5, 5.41) is 57.6. The zero-order chi connectivity index (χ0) is 17.2. The third-order valence-electron chi connectivity index (χ3n) is 2.28. The highest BCUT2D eigenvalue weighted by molar-refractivity contribution is 5.41. The Bertz CT molecular complexity index is 602. The number of nitro groups is 5. The molecule has 1 heterocycles. The number of rotatable bonds is 7. The number of aromatic amines is 1. The Morgan fingerprint density at radius 1 is 0.773 bits per heavy atom.